The van der Waals surface area contributed by atoms with E-state index in [2.05, 4.69) is 0 Å². The zero-order valence-corrected chi connectivity index (χ0v) is 11.0. The molecule has 6 heteroatoms. The number of carboxylic acid groups (broad SMARTS) is 2. The number of hydrogen-bond acceptors (Lipinski definition) is 3. The first-order valence-electron chi connectivity index (χ1n) is 5.48. The van der Waals surface area contributed by atoms with Gasteiger partial charge in [0.1, 0.15) is 0 Å². The van der Waals surface area contributed by atoms with Crippen LogP contribution in [-0.2, 0) is 9.59 Å². The second-order valence-corrected chi connectivity index (χ2v) is 4.74. The van der Waals surface area contributed by atoms with Crippen molar-refractivity contribution in [3.8, 4) is 0 Å². The van der Waals surface area contributed by atoms with Crippen LogP contribution < -0.4 is 5.73 Å². The maximum atomic E-state index is 11.0. The molecule has 0 fully saturated rings. The van der Waals surface area contributed by atoms with E-state index in [1.54, 1.807) is 30.3 Å². The highest BCUT2D eigenvalue weighted by Gasteiger charge is 2.48. The number of allylic oxidation sites excluding steroid dienone is 1. The van der Waals surface area contributed by atoms with Crippen molar-refractivity contribution in [2.45, 2.75) is 11.8 Å². The Morgan fingerprint density at radius 3 is 2.42 bits per heavy atom. The number of hydrogen-bond donors (Lipinski definition) is 3. The summed E-state index contributed by atoms with van der Waals surface area (Å²) in [6.45, 7) is 1.43. The second kappa shape index (κ2) is 5.75. The van der Waals surface area contributed by atoms with Crippen LogP contribution in [0.15, 0.2) is 30.3 Å². The van der Waals surface area contributed by atoms with Gasteiger partial charge in [0.05, 0.1) is 0 Å². The topological polar surface area (TPSA) is 101 Å². The van der Waals surface area contributed by atoms with Gasteiger partial charge in [0.15, 0.2) is 0 Å². The number of nitrogen functional groups attached to an aromatic ring is 1. The van der Waals surface area contributed by atoms with Gasteiger partial charge < -0.3 is 15.9 Å². The summed E-state index contributed by atoms with van der Waals surface area (Å²) in [5.41, 5.74) is 6.90. The molecule has 0 radical (unpaired) electrons. The summed E-state index contributed by atoms with van der Waals surface area (Å²) in [4.78, 5) is 19.6. The van der Waals surface area contributed by atoms with E-state index < -0.39 is 22.7 Å². The Bertz CT molecular complexity index is 513. The molecule has 0 amide bonds. The van der Waals surface area contributed by atoms with E-state index in [9.17, 15) is 9.59 Å². The molecule has 1 aromatic carbocycles. The minimum atomic E-state index is -2.38. The van der Waals surface area contributed by atoms with Crippen molar-refractivity contribution in [3.63, 3.8) is 0 Å². The van der Waals surface area contributed by atoms with E-state index in [0.717, 1.165) is 5.56 Å². The highest BCUT2D eigenvalue weighted by molar-refractivity contribution is 6.44. The number of anilines is 1. The van der Waals surface area contributed by atoms with Crippen LogP contribution >= 0.6 is 11.6 Å². The van der Waals surface area contributed by atoms with Gasteiger partial charge in [0.25, 0.3) is 0 Å². The number of halogens is 1. The van der Waals surface area contributed by atoms with Crippen LogP contribution in [0.3, 0.4) is 0 Å². The van der Waals surface area contributed by atoms with E-state index in [1.165, 1.54) is 13.0 Å². The molecule has 4 N–H and O–H groups in total. The fourth-order valence-electron chi connectivity index (χ4n) is 1.53. The Morgan fingerprint density at radius 1 is 1.37 bits per heavy atom. The third-order valence-electron chi connectivity index (χ3n) is 2.74. The van der Waals surface area contributed by atoms with Crippen molar-refractivity contribution in [1.29, 1.82) is 0 Å². The van der Waals surface area contributed by atoms with Crippen LogP contribution in [0.2, 0.25) is 0 Å². The van der Waals surface area contributed by atoms with Crippen molar-refractivity contribution in [2.75, 3.05) is 5.73 Å². The second-order valence-electron chi connectivity index (χ2n) is 4.14. The number of nitrogens with two attached hydrogens (primary N) is 1. The van der Waals surface area contributed by atoms with E-state index in [1.807, 2.05) is 0 Å². The van der Waals surface area contributed by atoms with Gasteiger partial charge >= 0.3 is 11.9 Å². The molecule has 0 aromatic heterocycles. The molecular weight excluding hydrogens is 270 g/mol. The molecular formula is C13H14ClNO4. The summed E-state index contributed by atoms with van der Waals surface area (Å²) in [7, 11) is 0. The summed E-state index contributed by atoms with van der Waals surface area (Å²) < 4.78 is 0. The first-order valence-corrected chi connectivity index (χ1v) is 5.85. The fraction of sp³-hybridized carbons (Fsp3) is 0.231. The van der Waals surface area contributed by atoms with Crippen molar-refractivity contribution in [2.24, 2.45) is 5.92 Å². The van der Waals surface area contributed by atoms with Crippen molar-refractivity contribution in [3.05, 3.63) is 35.9 Å². The monoisotopic (exact) mass is 283 g/mol. The maximum Gasteiger partial charge on any atom is 0.337 e. The molecule has 0 aliphatic rings. The van der Waals surface area contributed by atoms with Gasteiger partial charge in [-0.05, 0) is 17.7 Å². The van der Waals surface area contributed by atoms with Crippen LogP contribution in [0, 0.1) is 5.92 Å². The van der Waals surface area contributed by atoms with Gasteiger partial charge in [-0.15, -0.1) is 0 Å². The molecule has 0 heterocycles. The Kier molecular flexibility index (Phi) is 4.56. The lowest BCUT2D eigenvalue weighted by atomic mass is 9.92. The number of alkyl halides is 1. The molecule has 0 aliphatic heterocycles. The van der Waals surface area contributed by atoms with Gasteiger partial charge in [-0.3, -0.25) is 0 Å². The number of aliphatic carboxylic acids is 2. The third kappa shape index (κ3) is 3.26. The van der Waals surface area contributed by atoms with E-state index in [0.29, 0.717) is 5.69 Å². The van der Waals surface area contributed by atoms with E-state index in [4.69, 9.17) is 27.5 Å². The average Bonchev–Trinajstić information content (AvgIpc) is 2.34. The quantitative estimate of drug-likeness (QED) is 0.436. The maximum absolute atomic E-state index is 11.0. The van der Waals surface area contributed by atoms with Crippen molar-refractivity contribution in [1.82, 2.24) is 0 Å². The Labute approximate surface area is 115 Å². The number of carbonyl (C=O) groups is 2. The predicted molar refractivity (Wildman–Crippen MR) is 72.9 cm³/mol. The number of benzene rings is 1. The summed E-state index contributed by atoms with van der Waals surface area (Å²) >= 11 is 5.68. The normalized spacial score (nSPS) is 13.4. The standard InChI is InChI=1S/C13H14ClNO4/c1-8(13(14,11(16)17)12(18)19)5-6-9-3-2-4-10(15)7-9/h2-8H,15H2,1H3,(H,16,17)(H,18,19). The molecule has 1 atom stereocenters. The molecule has 0 saturated carbocycles. The molecule has 1 unspecified atom stereocenters. The van der Waals surface area contributed by atoms with Crippen LogP contribution in [-0.4, -0.2) is 27.0 Å². The lowest BCUT2D eigenvalue weighted by molar-refractivity contribution is -0.153. The molecule has 0 aliphatic carbocycles. The highest BCUT2D eigenvalue weighted by atomic mass is 35.5. The van der Waals surface area contributed by atoms with Crippen LogP contribution in [0.1, 0.15) is 12.5 Å². The zero-order chi connectivity index (χ0) is 14.6. The van der Waals surface area contributed by atoms with Crippen LogP contribution in [0.25, 0.3) is 6.08 Å². The predicted octanol–water partition coefficient (Wildman–Crippen LogP) is 2.06. The molecule has 0 bridgehead atoms. The van der Waals surface area contributed by atoms with Gasteiger partial charge in [-0.2, -0.15) is 0 Å². The first-order chi connectivity index (χ1) is 8.78. The first kappa shape index (κ1) is 15.0. The highest BCUT2D eigenvalue weighted by Crippen LogP contribution is 2.28. The Morgan fingerprint density at radius 2 is 1.95 bits per heavy atom. The fourth-order valence-corrected chi connectivity index (χ4v) is 1.60. The smallest absolute Gasteiger partial charge is 0.337 e. The van der Waals surface area contributed by atoms with E-state index >= 15 is 0 Å². The number of carboxylic acids is 2. The summed E-state index contributed by atoms with van der Waals surface area (Å²) in [6.07, 6.45) is 3.02. The van der Waals surface area contributed by atoms with Crippen molar-refractivity contribution >= 4 is 35.3 Å². The molecule has 19 heavy (non-hydrogen) atoms. The Balaban J connectivity index is 2.98. The molecule has 0 spiro atoms. The van der Waals surface area contributed by atoms with Gasteiger partial charge in [-0.25, -0.2) is 9.59 Å². The van der Waals surface area contributed by atoms with Gasteiger partial charge in [0, 0.05) is 11.6 Å². The SMILES string of the molecule is CC(C=Cc1cccc(N)c1)C(Cl)(C(=O)O)C(=O)O. The molecule has 0 saturated heterocycles. The zero-order valence-electron chi connectivity index (χ0n) is 10.2. The summed E-state index contributed by atoms with van der Waals surface area (Å²) in [5, 5.41) is 17.9. The minimum Gasteiger partial charge on any atom is -0.479 e. The van der Waals surface area contributed by atoms with Gasteiger partial charge in [-0.1, -0.05) is 42.8 Å². The lowest BCUT2D eigenvalue weighted by Gasteiger charge is -2.21. The summed E-state index contributed by atoms with van der Waals surface area (Å²) in [5.74, 6) is -4.08. The lowest BCUT2D eigenvalue weighted by Crippen LogP contribution is -2.46. The van der Waals surface area contributed by atoms with E-state index in [-0.39, 0.29) is 0 Å². The van der Waals surface area contributed by atoms with Crippen LogP contribution in [0.5, 0.6) is 0 Å². The molecule has 1 rings (SSSR count). The summed E-state index contributed by atoms with van der Waals surface area (Å²) in [6, 6.07) is 6.89. The molecule has 5 nitrogen and oxygen atoms in total. The molecule has 1 aromatic rings. The number of rotatable bonds is 5. The Hall–Kier alpha value is -2.01. The third-order valence-corrected chi connectivity index (χ3v) is 3.41. The van der Waals surface area contributed by atoms with Gasteiger partial charge in [0.2, 0.25) is 4.87 Å². The largest absolute Gasteiger partial charge is 0.479 e. The van der Waals surface area contributed by atoms with Crippen molar-refractivity contribution < 1.29 is 19.8 Å². The molecule has 102 valence electrons. The van der Waals surface area contributed by atoms with Crippen LogP contribution in [0.4, 0.5) is 5.69 Å². The minimum absolute atomic E-state index is 0.559. The average molecular weight is 284 g/mol.